The molecule has 0 unspecified atom stereocenters. The summed E-state index contributed by atoms with van der Waals surface area (Å²) in [6.07, 6.45) is 5.40. The van der Waals surface area contributed by atoms with E-state index >= 15 is 0 Å². The zero-order valence-electron chi connectivity index (χ0n) is 10.4. The second-order valence-electron chi connectivity index (χ2n) is 4.26. The van der Waals surface area contributed by atoms with Gasteiger partial charge in [-0.25, -0.2) is 4.79 Å². The van der Waals surface area contributed by atoms with Gasteiger partial charge in [0.25, 0.3) is 0 Å². The van der Waals surface area contributed by atoms with Gasteiger partial charge in [-0.15, -0.1) is 0 Å². The van der Waals surface area contributed by atoms with Crippen LogP contribution in [0.1, 0.15) is 21.7 Å². The molecule has 2 aromatic heterocycles. The number of aromatic amines is 1. The molecule has 20 heavy (non-hydrogen) atoms. The van der Waals surface area contributed by atoms with Crippen molar-refractivity contribution in [1.29, 1.82) is 0 Å². The van der Waals surface area contributed by atoms with E-state index in [1.54, 1.807) is 18.3 Å². The van der Waals surface area contributed by atoms with Gasteiger partial charge in [-0.3, -0.25) is 10.1 Å². The number of aromatic nitrogens is 3. The maximum absolute atomic E-state index is 11.0. The number of hydrogen-bond donors (Lipinski definition) is 2. The lowest BCUT2D eigenvalue weighted by Crippen LogP contribution is -1.94. The molecular formula is C15H11N3O2. The highest BCUT2D eigenvalue weighted by atomic mass is 16.4. The number of carboxylic acids is 1. The van der Waals surface area contributed by atoms with Gasteiger partial charge in [0.05, 0.1) is 22.5 Å². The summed E-state index contributed by atoms with van der Waals surface area (Å²) >= 11 is 0. The molecule has 5 heteroatoms. The van der Waals surface area contributed by atoms with Crippen molar-refractivity contribution in [3.63, 3.8) is 0 Å². The fraction of sp³-hybridized carbons (Fsp3) is 0. The van der Waals surface area contributed by atoms with Crippen LogP contribution in [-0.2, 0) is 0 Å². The first-order chi connectivity index (χ1) is 9.74. The molecule has 0 saturated heterocycles. The minimum absolute atomic E-state index is 0.242. The summed E-state index contributed by atoms with van der Waals surface area (Å²) in [4.78, 5) is 15.2. The Balaban J connectivity index is 2.01. The van der Waals surface area contributed by atoms with Gasteiger partial charge in [0.15, 0.2) is 0 Å². The molecule has 0 saturated carbocycles. The molecule has 0 aliphatic carbocycles. The third-order valence-electron chi connectivity index (χ3n) is 2.94. The molecule has 0 fully saturated rings. The van der Waals surface area contributed by atoms with Gasteiger partial charge in [0.2, 0.25) is 0 Å². The van der Waals surface area contributed by atoms with Gasteiger partial charge in [-0.2, -0.15) is 5.10 Å². The maximum Gasteiger partial charge on any atom is 0.335 e. The van der Waals surface area contributed by atoms with Crippen molar-refractivity contribution in [2.24, 2.45) is 0 Å². The topological polar surface area (TPSA) is 78.9 Å². The molecule has 2 N–H and O–H groups in total. The van der Waals surface area contributed by atoms with Crippen molar-refractivity contribution in [2.75, 3.05) is 0 Å². The van der Waals surface area contributed by atoms with E-state index in [0.29, 0.717) is 0 Å². The average Bonchev–Trinajstić information content (AvgIpc) is 2.88. The number of carbonyl (C=O) groups is 1. The van der Waals surface area contributed by atoms with E-state index in [4.69, 9.17) is 5.11 Å². The number of rotatable bonds is 3. The Labute approximate surface area is 114 Å². The Bertz CT molecular complexity index is 791. The lowest BCUT2D eigenvalue weighted by molar-refractivity contribution is 0.0697. The summed E-state index contributed by atoms with van der Waals surface area (Å²) in [5, 5.41) is 16.8. The van der Waals surface area contributed by atoms with Gasteiger partial charge < -0.3 is 5.11 Å². The van der Waals surface area contributed by atoms with Crippen molar-refractivity contribution in [1.82, 2.24) is 15.2 Å². The van der Waals surface area contributed by atoms with Crippen LogP contribution in [0, 0.1) is 0 Å². The molecule has 98 valence electrons. The first-order valence-electron chi connectivity index (χ1n) is 6.04. The van der Waals surface area contributed by atoms with Crippen LogP contribution in [0.5, 0.6) is 0 Å². The van der Waals surface area contributed by atoms with E-state index in [0.717, 1.165) is 22.3 Å². The smallest absolute Gasteiger partial charge is 0.335 e. The molecule has 0 radical (unpaired) electrons. The van der Waals surface area contributed by atoms with Gasteiger partial charge in [0.1, 0.15) is 0 Å². The number of fused-ring (bicyclic) bond motifs is 1. The number of hydrogen-bond acceptors (Lipinski definition) is 3. The van der Waals surface area contributed by atoms with Crippen LogP contribution in [0.15, 0.2) is 42.6 Å². The van der Waals surface area contributed by atoms with Crippen molar-refractivity contribution in [3.05, 3.63) is 59.5 Å². The highest BCUT2D eigenvalue weighted by Gasteiger charge is 2.07. The number of H-pyrrole nitrogens is 1. The summed E-state index contributed by atoms with van der Waals surface area (Å²) < 4.78 is 0. The Hall–Kier alpha value is -2.95. The fourth-order valence-electron chi connectivity index (χ4n) is 1.93. The molecule has 0 amide bonds. The number of nitrogens with zero attached hydrogens (tertiary/aromatic N) is 2. The van der Waals surface area contributed by atoms with E-state index in [9.17, 15) is 4.79 Å². The highest BCUT2D eigenvalue weighted by Crippen LogP contribution is 2.19. The van der Waals surface area contributed by atoms with Crippen LogP contribution in [0.25, 0.3) is 23.1 Å². The van der Waals surface area contributed by atoms with Crippen LogP contribution in [0.4, 0.5) is 0 Å². The van der Waals surface area contributed by atoms with Crippen molar-refractivity contribution in [2.45, 2.75) is 0 Å². The monoisotopic (exact) mass is 265 g/mol. The SMILES string of the molecule is O=C(O)c1ccc2n[nH]c(/C=C/c3ccccn3)c2c1. The lowest BCUT2D eigenvalue weighted by Gasteiger charge is -1.95. The van der Waals surface area contributed by atoms with Gasteiger partial charge in [-0.05, 0) is 42.5 Å². The largest absolute Gasteiger partial charge is 0.478 e. The van der Waals surface area contributed by atoms with Gasteiger partial charge in [-0.1, -0.05) is 6.07 Å². The molecule has 0 aliphatic rings. The second kappa shape index (κ2) is 4.97. The van der Waals surface area contributed by atoms with Crippen LogP contribution in [0.3, 0.4) is 0 Å². The number of benzene rings is 1. The standard InChI is InChI=1S/C15H11N3O2/c19-15(20)10-4-6-13-12(9-10)14(18-17-13)7-5-11-3-1-2-8-16-11/h1-9H,(H,17,18)(H,19,20)/b7-5+. The highest BCUT2D eigenvalue weighted by molar-refractivity contribution is 5.96. The zero-order chi connectivity index (χ0) is 13.9. The van der Waals surface area contributed by atoms with Crippen molar-refractivity contribution < 1.29 is 9.90 Å². The second-order valence-corrected chi connectivity index (χ2v) is 4.26. The molecule has 3 aromatic rings. The minimum atomic E-state index is -0.951. The predicted octanol–water partition coefficient (Wildman–Crippen LogP) is 2.83. The summed E-state index contributed by atoms with van der Waals surface area (Å²) in [6.45, 7) is 0. The molecule has 3 rings (SSSR count). The van der Waals surface area contributed by atoms with E-state index in [2.05, 4.69) is 15.2 Å². The quantitative estimate of drug-likeness (QED) is 0.763. The van der Waals surface area contributed by atoms with E-state index in [1.165, 1.54) is 6.07 Å². The van der Waals surface area contributed by atoms with E-state index < -0.39 is 5.97 Å². The zero-order valence-corrected chi connectivity index (χ0v) is 10.4. The average molecular weight is 265 g/mol. The fourth-order valence-corrected chi connectivity index (χ4v) is 1.93. The Morgan fingerprint density at radius 1 is 1.20 bits per heavy atom. The van der Waals surface area contributed by atoms with Crippen molar-refractivity contribution >= 4 is 29.0 Å². The molecule has 0 spiro atoms. The molecule has 1 aromatic carbocycles. The summed E-state index contributed by atoms with van der Waals surface area (Å²) in [6, 6.07) is 10.5. The molecule has 0 aliphatic heterocycles. The molecule has 2 heterocycles. The number of nitrogens with one attached hydrogen (secondary N) is 1. The maximum atomic E-state index is 11.0. The molecule has 0 bridgehead atoms. The van der Waals surface area contributed by atoms with Crippen LogP contribution in [0.2, 0.25) is 0 Å². The van der Waals surface area contributed by atoms with Crippen LogP contribution >= 0.6 is 0 Å². The Kier molecular flexibility index (Phi) is 3.01. The third-order valence-corrected chi connectivity index (χ3v) is 2.94. The van der Waals surface area contributed by atoms with E-state index in [-0.39, 0.29) is 5.56 Å². The third kappa shape index (κ3) is 2.29. The molecular weight excluding hydrogens is 254 g/mol. The summed E-state index contributed by atoms with van der Waals surface area (Å²) in [5.74, 6) is -0.951. The van der Waals surface area contributed by atoms with Gasteiger partial charge in [0, 0.05) is 11.6 Å². The number of aromatic carboxylic acids is 1. The minimum Gasteiger partial charge on any atom is -0.478 e. The number of carboxylic acid groups (broad SMARTS) is 1. The van der Waals surface area contributed by atoms with E-state index in [1.807, 2.05) is 30.4 Å². The summed E-state index contributed by atoms with van der Waals surface area (Å²) in [7, 11) is 0. The lowest BCUT2D eigenvalue weighted by atomic mass is 10.1. The summed E-state index contributed by atoms with van der Waals surface area (Å²) in [5.41, 5.74) is 2.56. The van der Waals surface area contributed by atoms with Crippen molar-refractivity contribution in [3.8, 4) is 0 Å². The Morgan fingerprint density at radius 2 is 2.10 bits per heavy atom. The molecule has 5 nitrogen and oxygen atoms in total. The number of pyridine rings is 1. The Morgan fingerprint density at radius 3 is 2.85 bits per heavy atom. The van der Waals surface area contributed by atoms with Crippen LogP contribution in [-0.4, -0.2) is 26.3 Å². The van der Waals surface area contributed by atoms with Crippen LogP contribution < -0.4 is 0 Å². The normalized spacial score (nSPS) is 11.2. The predicted molar refractivity (Wildman–Crippen MR) is 76.2 cm³/mol. The first kappa shape index (κ1) is 12.1. The molecule has 0 atom stereocenters. The van der Waals surface area contributed by atoms with Gasteiger partial charge >= 0.3 is 5.97 Å². The first-order valence-corrected chi connectivity index (χ1v) is 6.04.